The zero-order valence-corrected chi connectivity index (χ0v) is 17.6. The molecule has 2 aromatic carbocycles. The summed E-state index contributed by atoms with van der Waals surface area (Å²) in [7, 11) is -0.556. The minimum atomic E-state index is -3.75. The van der Waals surface area contributed by atoms with E-state index in [0.29, 0.717) is 23.6 Å². The van der Waals surface area contributed by atoms with Crippen LogP contribution in [0.2, 0.25) is 0 Å². The first-order chi connectivity index (χ1) is 14.0. The fraction of sp³-hybridized carbons (Fsp3) is 0.318. The summed E-state index contributed by atoms with van der Waals surface area (Å²) in [5, 5.41) is 0.820. The van der Waals surface area contributed by atoms with E-state index in [-0.39, 0.29) is 10.9 Å². The molecule has 7 heteroatoms. The van der Waals surface area contributed by atoms with Crippen molar-refractivity contribution in [2.45, 2.75) is 30.7 Å². The van der Waals surface area contributed by atoms with E-state index in [1.165, 1.54) is 0 Å². The van der Waals surface area contributed by atoms with Gasteiger partial charge in [0.05, 0.1) is 25.8 Å². The van der Waals surface area contributed by atoms with Gasteiger partial charge in [-0.25, -0.2) is 8.42 Å². The molecule has 0 bridgehead atoms. The van der Waals surface area contributed by atoms with Crippen LogP contribution in [-0.4, -0.2) is 38.5 Å². The molecule has 0 spiro atoms. The number of pyridine rings is 1. The van der Waals surface area contributed by atoms with Crippen molar-refractivity contribution in [2.75, 3.05) is 20.8 Å². The molecule has 0 aliphatic carbocycles. The summed E-state index contributed by atoms with van der Waals surface area (Å²) < 4.78 is 39.8. The molecule has 1 atom stereocenters. The van der Waals surface area contributed by atoms with Gasteiger partial charge in [-0.15, -0.1) is 0 Å². The second-order valence-corrected chi connectivity index (χ2v) is 9.08. The Labute approximate surface area is 171 Å². The largest absolute Gasteiger partial charge is 0.497 e. The number of benzene rings is 2. The van der Waals surface area contributed by atoms with Crippen molar-refractivity contribution in [1.82, 2.24) is 9.29 Å². The van der Waals surface area contributed by atoms with Crippen LogP contribution >= 0.6 is 0 Å². The molecule has 4 rings (SSSR count). The standard InChI is InChI=1S/C22H24N2O4S/c1-15-12-16-6-4-8-21(22(16)23-14-15)29(25,26)24-11-5-7-19(24)18-13-17(27-2)9-10-20(18)28-3/h4,6,8-10,12-14,19H,5,7,11H2,1-3H3/t19-/m1/s1. The predicted molar refractivity (Wildman–Crippen MR) is 112 cm³/mol. The van der Waals surface area contributed by atoms with Gasteiger partial charge >= 0.3 is 0 Å². The minimum absolute atomic E-state index is 0.240. The molecule has 0 unspecified atom stereocenters. The topological polar surface area (TPSA) is 68.7 Å². The van der Waals surface area contributed by atoms with Gasteiger partial charge < -0.3 is 9.47 Å². The van der Waals surface area contributed by atoms with Crippen LogP contribution < -0.4 is 9.47 Å². The average molecular weight is 413 g/mol. The van der Waals surface area contributed by atoms with Crippen molar-refractivity contribution in [3.8, 4) is 11.5 Å². The molecule has 0 amide bonds. The molecule has 0 saturated carbocycles. The first kappa shape index (κ1) is 19.7. The van der Waals surface area contributed by atoms with Gasteiger partial charge in [-0.05, 0) is 55.7 Å². The second kappa shape index (κ2) is 7.65. The van der Waals surface area contributed by atoms with Crippen molar-refractivity contribution in [2.24, 2.45) is 0 Å². The molecule has 3 aromatic rings. The third-order valence-electron chi connectivity index (χ3n) is 5.40. The number of methoxy groups -OCH3 is 2. The maximum Gasteiger partial charge on any atom is 0.245 e. The Morgan fingerprint density at radius 3 is 2.69 bits per heavy atom. The molecule has 1 fully saturated rings. The third-order valence-corrected chi connectivity index (χ3v) is 7.34. The van der Waals surface area contributed by atoms with E-state index in [2.05, 4.69) is 4.98 Å². The Morgan fingerprint density at radius 1 is 1.10 bits per heavy atom. The molecule has 29 heavy (non-hydrogen) atoms. The maximum absolute atomic E-state index is 13.7. The van der Waals surface area contributed by atoms with Gasteiger partial charge in [-0.2, -0.15) is 4.31 Å². The number of hydrogen-bond acceptors (Lipinski definition) is 5. The van der Waals surface area contributed by atoms with E-state index in [0.717, 1.165) is 29.4 Å². The molecule has 1 aromatic heterocycles. The van der Waals surface area contributed by atoms with Gasteiger partial charge in [-0.3, -0.25) is 4.98 Å². The van der Waals surface area contributed by atoms with Crippen molar-refractivity contribution in [1.29, 1.82) is 0 Å². The summed E-state index contributed by atoms with van der Waals surface area (Å²) in [6.07, 6.45) is 3.20. The fourth-order valence-corrected chi connectivity index (χ4v) is 5.86. The molecule has 2 heterocycles. The molecular weight excluding hydrogens is 388 g/mol. The predicted octanol–water partition coefficient (Wildman–Crippen LogP) is 4.09. The average Bonchev–Trinajstić information content (AvgIpc) is 3.23. The number of aryl methyl sites for hydroxylation is 1. The molecule has 6 nitrogen and oxygen atoms in total. The molecule has 1 saturated heterocycles. The van der Waals surface area contributed by atoms with Crippen LogP contribution in [0.3, 0.4) is 0 Å². The monoisotopic (exact) mass is 412 g/mol. The highest BCUT2D eigenvalue weighted by Crippen LogP contribution is 2.42. The maximum atomic E-state index is 13.7. The SMILES string of the molecule is COc1ccc(OC)c([C@H]2CCCN2S(=O)(=O)c2cccc3cc(C)cnc23)c1. The van der Waals surface area contributed by atoms with E-state index in [9.17, 15) is 8.42 Å². The van der Waals surface area contributed by atoms with E-state index < -0.39 is 10.0 Å². The highest BCUT2D eigenvalue weighted by atomic mass is 32.2. The van der Waals surface area contributed by atoms with Crippen LogP contribution in [0, 0.1) is 6.92 Å². The van der Waals surface area contributed by atoms with E-state index in [4.69, 9.17) is 9.47 Å². The lowest BCUT2D eigenvalue weighted by Crippen LogP contribution is -2.31. The van der Waals surface area contributed by atoms with Crippen molar-refractivity contribution >= 4 is 20.9 Å². The highest BCUT2D eigenvalue weighted by Gasteiger charge is 2.38. The van der Waals surface area contributed by atoms with Crippen molar-refractivity contribution < 1.29 is 17.9 Å². The number of nitrogens with zero attached hydrogens (tertiary/aromatic N) is 2. The Balaban J connectivity index is 1.82. The number of fused-ring (bicyclic) bond motifs is 1. The smallest absolute Gasteiger partial charge is 0.245 e. The van der Waals surface area contributed by atoms with Gasteiger partial charge in [0.2, 0.25) is 10.0 Å². The number of sulfonamides is 1. The van der Waals surface area contributed by atoms with Gasteiger partial charge in [0, 0.05) is 23.7 Å². The summed E-state index contributed by atoms with van der Waals surface area (Å²) in [5.74, 6) is 1.33. The van der Waals surface area contributed by atoms with Gasteiger partial charge in [0.1, 0.15) is 16.4 Å². The second-order valence-electron chi connectivity index (χ2n) is 7.22. The third kappa shape index (κ3) is 3.45. The Kier molecular flexibility index (Phi) is 5.19. The fourth-order valence-electron chi connectivity index (χ4n) is 4.02. The molecule has 0 radical (unpaired) electrons. The van der Waals surface area contributed by atoms with Crippen LogP contribution in [0.1, 0.15) is 30.0 Å². The lowest BCUT2D eigenvalue weighted by atomic mass is 10.0. The molecule has 152 valence electrons. The Hall–Kier alpha value is -2.64. The molecule has 1 aliphatic rings. The number of ether oxygens (including phenoxy) is 2. The summed E-state index contributed by atoms with van der Waals surface area (Å²) >= 11 is 0. The van der Waals surface area contributed by atoms with E-state index in [1.807, 2.05) is 37.3 Å². The summed E-state index contributed by atoms with van der Waals surface area (Å²) in [6, 6.07) is 12.4. The van der Waals surface area contributed by atoms with Crippen molar-refractivity contribution in [3.63, 3.8) is 0 Å². The summed E-state index contributed by atoms with van der Waals surface area (Å²) in [6.45, 7) is 2.40. The number of rotatable bonds is 5. The van der Waals surface area contributed by atoms with Crippen LogP contribution in [0.4, 0.5) is 0 Å². The Bertz CT molecular complexity index is 1160. The molecule has 0 N–H and O–H groups in total. The van der Waals surface area contributed by atoms with Gasteiger partial charge in [0.15, 0.2) is 0 Å². The first-order valence-electron chi connectivity index (χ1n) is 9.55. The van der Waals surface area contributed by atoms with Crippen LogP contribution in [0.25, 0.3) is 10.9 Å². The Morgan fingerprint density at radius 2 is 1.93 bits per heavy atom. The molecular formula is C22H24N2O4S. The summed E-state index contributed by atoms with van der Waals surface area (Å²) in [5.41, 5.74) is 2.31. The van der Waals surface area contributed by atoms with E-state index in [1.54, 1.807) is 36.9 Å². The number of para-hydroxylation sites is 1. The quantitative estimate of drug-likeness (QED) is 0.631. The number of hydrogen-bond donors (Lipinski definition) is 0. The molecule has 1 aliphatic heterocycles. The van der Waals surface area contributed by atoms with Crippen molar-refractivity contribution in [3.05, 3.63) is 59.8 Å². The van der Waals surface area contributed by atoms with Crippen LogP contribution in [0.5, 0.6) is 11.5 Å². The van der Waals surface area contributed by atoms with E-state index >= 15 is 0 Å². The van der Waals surface area contributed by atoms with Crippen LogP contribution in [0.15, 0.2) is 53.6 Å². The van der Waals surface area contributed by atoms with Gasteiger partial charge in [-0.1, -0.05) is 12.1 Å². The number of aromatic nitrogens is 1. The minimum Gasteiger partial charge on any atom is -0.497 e. The summed E-state index contributed by atoms with van der Waals surface area (Å²) in [4.78, 5) is 4.67. The highest BCUT2D eigenvalue weighted by molar-refractivity contribution is 7.89. The van der Waals surface area contributed by atoms with Gasteiger partial charge in [0.25, 0.3) is 0 Å². The first-order valence-corrected chi connectivity index (χ1v) is 11.0. The lowest BCUT2D eigenvalue weighted by Gasteiger charge is -2.26. The zero-order valence-electron chi connectivity index (χ0n) is 16.8. The zero-order chi connectivity index (χ0) is 20.6. The van der Waals surface area contributed by atoms with Crippen LogP contribution in [-0.2, 0) is 10.0 Å². The normalized spacial score (nSPS) is 17.6. The lowest BCUT2D eigenvalue weighted by molar-refractivity contribution is 0.362.